The topological polar surface area (TPSA) is 0 Å². The van der Waals surface area contributed by atoms with Gasteiger partial charge in [-0.2, -0.15) is 0 Å². The predicted octanol–water partition coefficient (Wildman–Crippen LogP) is 7.18. The van der Waals surface area contributed by atoms with E-state index in [1.165, 1.54) is 64.2 Å². The van der Waals surface area contributed by atoms with Crippen molar-refractivity contribution in [2.75, 3.05) is 0 Å². The predicted molar refractivity (Wildman–Crippen MR) is 106 cm³/mol. The Morgan fingerprint density at radius 3 is 1.78 bits per heavy atom. The van der Waals surface area contributed by atoms with Crippen LogP contribution in [0.5, 0.6) is 0 Å². The van der Waals surface area contributed by atoms with Crippen molar-refractivity contribution in [3.8, 4) is 0 Å². The minimum Gasteiger partial charge on any atom is -0.148 e. The average Bonchev–Trinajstić information content (AvgIpc) is 3.28. The molecule has 2 heteroatoms. The van der Waals surface area contributed by atoms with Crippen LogP contribution in [0.4, 0.5) is 0 Å². The van der Waals surface area contributed by atoms with Gasteiger partial charge >= 0.3 is 0 Å². The fraction of sp³-hybridized carbons (Fsp3) is 0.810. The monoisotopic (exact) mass is 348 g/mol. The highest BCUT2D eigenvalue weighted by molar-refractivity contribution is 7.67. The molecule has 1 aromatic rings. The standard InChI is InChI=1S/C21H33PS/c1-3-11-18(12-4-1)22(19-13-5-2-6-14-19)20-15-16-23-21(20)17-9-7-8-10-17/h15-19H,1-14H2. The maximum Gasteiger partial charge on any atom is 0.0153 e. The summed E-state index contributed by atoms with van der Waals surface area (Å²) in [5, 5.41) is 4.35. The van der Waals surface area contributed by atoms with Gasteiger partial charge < -0.3 is 0 Å². The molecule has 0 atom stereocenters. The summed E-state index contributed by atoms with van der Waals surface area (Å²) in [6.45, 7) is 0. The molecule has 0 radical (unpaired) electrons. The van der Waals surface area contributed by atoms with E-state index in [1.54, 1.807) is 25.7 Å². The molecule has 3 aliphatic rings. The fourth-order valence-corrected chi connectivity index (χ4v) is 10.9. The summed E-state index contributed by atoms with van der Waals surface area (Å²) in [4.78, 5) is 1.85. The van der Waals surface area contributed by atoms with Crippen LogP contribution in [0, 0.1) is 0 Å². The molecule has 3 aliphatic carbocycles. The van der Waals surface area contributed by atoms with Crippen LogP contribution in [-0.2, 0) is 0 Å². The first kappa shape index (κ1) is 16.6. The summed E-state index contributed by atoms with van der Waals surface area (Å²) in [7, 11) is 0.118. The van der Waals surface area contributed by atoms with E-state index in [1.807, 2.05) is 10.2 Å². The molecule has 1 aromatic heterocycles. The second kappa shape index (κ2) is 8.01. The lowest BCUT2D eigenvalue weighted by Crippen LogP contribution is -2.27. The molecule has 0 spiro atoms. The Hall–Kier alpha value is 0.130. The van der Waals surface area contributed by atoms with Gasteiger partial charge in [0.25, 0.3) is 0 Å². The SMILES string of the molecule is c1cc(P(C2CCCCC2)C2CCCCC2)c(C2CCCC2)s1. The van der Waals surface area contributed by atoms with Gasteiger partial charge in [0.2, 0.25) is 0 Å². The Bertz CT molecular complexity index is 458. The van der Waals surface area contributed by atoms with Crippen LogP contribution >= 0.6 is 19.3 Å². The van der Waals surface area contributed by atoms with Gasteiger partial charge in [0, 0.05) is 4.88 Å². The zero-order valence-corrected chi connectivity index (χ0v) is 16.4. The summed E-state index contributed by atoms with van der Waals surface area (Å²) in [5.41, 5.74) is 2.13. The third-order valence-corrected chi connectivity index (χ3v) is 11.4. The van der Waals surface area contributed by atoms with Crippen LogP contribution in [0.1, 0.15) is 101 Å². The summed E-state index contributed by atoms with van der Waals surface area (Å²) >= 11 is 2.12. The molecule has 0 saturated heterocycles. The van der Waals surface area contributed by atoms with Crippen molar-refractivity contribution in [1.82, 2.24) is 0 Å². The molecule has 3 saturated carbocycles. The maximum atomic E-state index is 2.59. The van der Waals surface area contributed by atoms with Gasteiger partial charge in [-0.25, -0.2) is 0 Å². The lowest BCUT2D eigenvalue weighted by atomic mass is 9.99. The second-order valence-corrected chi connectivity index (χ2v) is 11.8. The average molecular weight is 349 g/mol. The molecule has 0 aromatic carbocycles. The van der Waals surface area contributed by atoms with Crippen molar-refractivity contribution in [3.63, 3.8) is 0 Å². The lowest BCUT2D eigenvalue weighted by molar-refractivity contribution is 0.487. The van der Waals surface area contributed by atoms with E-state index >= 15 is 0 Å². The van der Waals surface area contributed by atoms with E-state index in [4.69, 9.17) is 0 Å². The van der Waals surface area contributed by atoms with Crippen LogP contribution < -0.4 is 5.30 Å². The van der Waals surface area contributed by atoms with E-state index in [-0.39, 0.29) is 7.92 Å². The molecule has 0 N–H and O–H groups in total. The Morgan fingerprint density at radius 1 is 0.696 bits per heavy atom. The van der Waals surface area contributed by atoms with Crippen molar-refractivity contribution in [3.05, 3.63) is 16.3 Å². The van der Waals surface area contributed by atoms with Gasteiger partial charge in [-0.1, -0.05) is 59.3 Å². The van der Waals surface area contributed by atoms with E-state index < -0.39 is 0 Å². The molecule has 1 heterocycles. The van der Waals surface area contributed by atoms with Crippen LogP contribution in [0.15, 0.2) is 11.4 Å². The number of rotatable bonds is 4. The Kier molecular flexibility index (Phi) is 5.78. The van der Waals surface area contributed by atoms with Crippen LogP contribution in [-0.4, -0.2) is 11.3 Å². The minimum absolute atomic E-state index is 0.118. The molecule has 0 unspecified atom stereocenters. The fourth-order valence-electron chi connectivity index (χ4n) is 5.43. The van der Waals surface area contributed by atoms with E-state index in [0.29, 0.717) is 0 Å². The van der Waals surface area contributed by atoms with Crippen molar-refractivity contribution >= 4 is 24.6 Å². The van der Waals surface area contributed by atoms with Crippen LogP contribution in [0.2, 0.25) is 0 Å². The van der Waals surface area contributed by atoms with Crippen molar-refractivity contribution in [2.45, 2.75) is 107 Å². The second-order valence-electron chi connectivity index (χ2n) is 8.14. The largest absolute Gasteiger partial charge is 0.148 e. The van der Waals surface area contributed by atoms with E-state index in [2.05, 4.69) is 22.8 Å². The summed E-state index contributed by atoms with van der Waals surface area (Å²) in [6, 6.07) is 2.59. The minimum atomic E-state index is 0.118. The first-order valence-corrected chi connectivity index (χ1v) is 12.6. The summed E-state index contributed by atoms with van der Waals surface area (Å²) in [5.74, 6) is 0.933. The van der Waals surface area contributed by atoms with Crippen LogP contribution in [0.25, 0.3) is 0 Å². The van der Waals surface area contributed by atoms with E-state index in [9.17, 15) is 0 Å². The number of hydrogen-bond acceptors (Lipinski definition) is 1. The third kappa shape index (κ3) is 3.72. The summed E-state index contributed by atoms with van der Waals surface area (Å²) in [6.07, 6.45) is 21.1. The Labute approximate surface area is 148 Å². The molecule has 23 heavy (non-hydrogen) atoms. The first-order chi connectivity index (χ1) is 11.4. The van der Waals surface area contributed by atoms with Crippen molar-refractivity contribution < 1.29 is 0 Å². The Balaban J connectivity index is 1.62. The molecule has 0 bridgehead atoms. The molecular formula is C21H33PS. The molecule has 0 amide bonds. The number of hydrogen-bond donors (Lipinski definition) is 0. The van der Waals surface area contributed by atoms with Gasteiger partial charge in [-0.05, 0) is 72.5 Å². The summed E-state index contributed by atoms with van der Waals surface area (Å²) < 4.78 is 0. The molecule has 128 valence electrons. The normalized spacial score (nSPS) is 25.4. The van der Waals surface area contributed by atoms with Crippen LogP contribution in [0.3, 0.4) is 0 Å². The smallest absolute Gasteiger partial charge is 0.0153 e. The number of thiophene rings is 1. The molecular weight excluding hydrogens is 315 g/mol. The van der Waals surface area contributed by atoms with Crippen molar-refractivity contribution in [2.24, 2.45) is 0 Å². The molecule has 4 rings (SSSR count). The van der Waals surface area contributed by atoms with E-state index in [0.717, 1.165) is 17.2 Å². The maximum absolute atomic E-state index is 2.59. The third-order valence-electron chi connectivity index (χ3n) is 6.61. The van der Waals surface area contributed by atoms with Gasteiger partial charge in [0.15, 0.2) is 0 Å². The zero-order chi connectivity index (χ0) is 15.5. The zero-order valence-electron chi connectivity index (χ0n) is 14.6. The molecule has 3 fully saturated rings. The highest BCUT2D eigenvalue weighted by Crippen LogP contribution is 2.57. The van der Waals surface area contributed by atoms with Gasteiger partial charge in [0.1, 0.15) is 0 Å². The van der Waals surface area contributed by atoms with Gasteiger partial charge in [0.05, 0.1) is 0 Å². The molecule has 0 aliphatic heterocycles. The highest BCUT2D eigenvalue weighted by Gasteiger charge is 2.35. The Morgan fingerprint density at radius 2 is 1.22 bits per heavy atom. The van der Waals surface area contributed by atoms with Crippen molar-refractivity contribution in [1.29, 1.82) is 0 Å². The van der Waals surface area contributed by atoms with Gasteiger partial charge in [-0.15, -0.1) is 11.3 Å². The van der Waals surface area contributed by atoms with Gasteiger partial charge in [-0.3, -0.25) is 0 Å². The lowest BCUT2D eigenvalue weighted by Gasteiger charge is -2.39. The first-order valence-electron chi connectivity index (χ1n) is 10.3. The molecule has 0 nitrogen and oxygen atoms in total. The quantitative estimate of drug-likeness (QED) is 0.506. The highest BCUT2D eigenvalue weighted by atomic mass is 32.1.